The number of hydrogen-bond acceptors (Lipinski definition) is 5. The Morgan fingerprint density at radius 3 is 2.57 bits per heavy atom. The largest absolute Gasteiger partial charge is 0.497 e. The Morgan fingerprint density at radius 1 is 1.21 bits per heavy atom. The fraction of sp³-hybridized carbons (Fsp3) is 0.263. The zero-order valence-corrected chi connectivity index (χ0v) is 17.0. The molecule has 0 aliphatic rings. The second-order valence-corrected chi connectivity index (χ2v) is 9.09. The van der Waals surface area contributed by atoms with Crippen LogP contribution in [0.5, 0.6) is 5.75 Å². The number of carbonyl (C=O) groups excluding carboxylic acids is 1. The van der Waals surface area contributed by atoms with Gasteiger partial charge in [0.15, 0.2) is 14.6 Å². The van der Waals surface area contributed by atoms with Crippen molar-refractivity contribution in [3.63, 3.8) is 0 Å². The maximum atomic E-state index is 13.0. The predicted molar refractivity (Wildman–Crippen MR) is 106 cm³/mol. The summed E-state index contributed by atoms with van der Waals surface area (Å²) < 4.78 is 45.8. The number of rotatable bonds is 6. The van der Waals surface area contributed by atoms with Crippen molar-refractivity contribution in [3.05, 3.63) is 53.1 Å². The summed E-state index contributed by atoms with van der Waals surface area (Å²) in [7, 11) is -2.32. The van der Waals surface area contributed by atoms with Gasteiger partial charge in [0.05, 0.1) is 22.2 Å². The molecule has 6 nitrogen and oxygen atoms in total. The first-order valence-corrected chi connectivity index (χ1v) is 11.0. The number of thiazole rings is 1. The fourth-order valence-corrected chi connectivity index (χ4v) is 4.94. The van der Waals surface area contributed by atoms with Gasteiger partial charge in [-0.1, -0.05) is 18.3 Å². The molecule has 1 heterocycles. The highest BCUT2D eigenvalue weighted by Crippen LogP contribution is 2.23. The molecule has 28 heavy (non-hydrogen) atoms. The molecule has 0 N–H and O–H groups in total. The number of nitrogens with zero attached hydrogens (tertiary/aromatic N) is 2. The van der Waals surface area contributed by atoms with Crippen molar-refractivity contribution >= 4 is 37.3 Å². The quantitative estimate of drug-likeness (QED) is 0.572. The molecule has 3 rings (SSSR count). The second kappa shape index (κ2) is 8.24. The van der Waals surface area contributed by atoms with Crippen molar-refractivity contribution in [1.82, 2.24) is 4.57 Å². The van der Waals surface area contributed by atoms with Crippen LogP contribution in [-0.4, -0.2) is 31.8 Å². The summed E-state index contributed by atoms with van der Waals surface area (Å²) in [5, 5.41) is 0. The van der Waals surface area contributed by atoms with E-state index in [0.717, 1.165) is 40.9 Å². The minimum absolute atomic E-state index is 0.111. The number of halogens is 1. The van der Waals surface area contributed by atoms with Gasteiger partial charge in [0.25, 0.3) is 5.91 Å². The average molecular weight is 423 g/mol. The first-order valence-electron chi connectivity index (χ1n) is 8.57. The summed E-state index contributed by atoms with van der Waals surface area (Å²) in [4.78, 5) is 16.7. The van der Waals surface area contributed by atoms with E-state index >= 15 is 0 Å². The van der Waals surface area contributed by atoms with E-state index in [1.807, 2.05) is 29.7 Å². The van der Waals surface area contributed by atoms with Gasteiger partial charge < -0.3 is 9.30 Å². The van der Waals surface area contributed by atoms with Crippen LogP contribution in [0.25, 0.3) is 10.2 Å². The van der Waals surface area contributed by atoms with E-state index < -0.39 is 27.3 Å². The normalized spacial score (nSPS) is 12.5. The van der Waals surface area contributed by atoms with Crippen LogP contribution in [0.4, 0.5) is 4.39 Å². The van der Waals surface area contributed by atoms with Gasteiger partial charge in [0.1, 0.15) is 17.3 Å². The Kier molecular flexibility index (Phi) is 5.95. The Hall–Kier alpha value is -2.52. The minimum Gasteiger partial charge on any atom is -0.497 e. The molecule has 0 spiro atoms. The monoisotopic (exact) mass is 422 g/mol. The van der Waals surface area contributed by atoms with E-state index in [4.69, 9.17) is 4.74 Å². The van der Waals surface area contributed by atoms with E-state index in [1.54, 1.807) is 7.11 Å². The summed E-state index contributed by atoms with van der Waals surface area (Å²) in [5.74, 6) is -1.40. The lowest BCUT2D eigenvalue weighted by atomic mass is 10.3. The van der Waals surface area contributed by atoms with Crippen LogP contribution in [0, 0.1) is 5.82 Å². The van der Waals surface area contributed by atoms with Crippen molar-refractivity contribution in [2.75, 3.05) is 12.9 Å². The Labute approximate surface area is 165 Å². The summed E-state index contributed by atoms with van der Waals surface area (Å²) in [5.41, 5.74) is 0.903. The van der Waals surface area contributed by atoms with Crippen LogP contribution in [-0.2, 0) is 21.2 Å². The molecule has 0 unspecified atom stereocenters. The Balaban J connectivity index is 1.97. The molecule has 2 aromatic carbocycles. The molecule has 1 aromatic heterocycles. The minimum atomic E-state index is -3.90. The lowest BCUT2D eigenvalue weighted by molar-refractivity contribution is -0.115. The van der Waals surface area contributed by atoms with Gasteiger partial charge in [-0.15, -0.1) is 0 Å². The Bertz CT molecular complexity index is 1180. The van der Waals surface area contributed by atoms with Crippen LogP contribution < -0.4 is 9.54 Å². The first-order chi connectivity index (χ1) is 13.3. The third-order valence-electron chi connectivity index (χ3n) is 4.04. The summed E-state index contributed by atoms with van der Waals surface area (Å²) >= 11 is 1.30. The standard InChI is InChI=1S/C19H19FN2O4S2/c1-3-10-22-16-9-6-14(26-2)11-17(16)27-19(22)21-18(23)12-28(24,25)15-7-4-13(20)5-8-15/h4-9,11H,3,10,12H2,1-2H3. The molecule has 9 heteroatoms. The maximum absolute atomic E-state index is 13.0. The van der Waals surface area contributed by atoms with Gasteiger partial charge in [0, 0.05) is 6.54 Å². The first kappa shape index (κ1) is 20.2. The second-order valence-electron chi connectivity index (χ2n) is 6.09. The highest BCUT2D eigenvalue weighted by molar-refractivity contribution is 7.92. The predicted octanol–water partition coefficient (Wildman–Crippen LogP) is 3.16. The molecule has 0 saturated carbocycles. The number of amides is 1. The van der Waals surface area contributed by atoms with E-state index in [2.05, 4.69) is 4.99 Å². The SMILES string of the molecule is CCCn1c(=NC(=O)CS(=O)(=O)c2ccc(F)cc2)sc2cc(OC)ccc21. The zero-order chi connectivity index (χ0) is 20.3. The molecule has 1 amide bonds. The number of carbonyl (C=O) groups is 1. The number of aryl methyl sites for hydroxylation is 1. The molecule has 0 fully saturated rings. The number of sulfone groups is 1. The van der Waals surface area contributed by atoms with Crippen molar-refractivity contribution in [2.24, 2.45) is 4.99 Å². The number of methoxy groups -OCH3 is 1. The number of benzene rings is 2. The molecule has 0 aliphatic heterocycles. The van der Waals surface area contributed by atoms with Gasteiger partial charge in [-0.2, -0.15) is 4.99 Å². The molecule has 3 aromatic rings. The van der Waals surface area contributed by atoms with E-state index in [1.165, 1.54) is 11.3 Å². The summed E-state index contributed by atoms with van der Waals surface area (Å²) in [6, 6.07) is 9.93. The molecular weight excluding hydrogens is 403 g/mol. The molecule has 0 bridgehead atoms. The van der Waals surface area contributed by atoms with Crippen LogP contribution in [0.3, 0.4) is 0 Å². The Morgan fingerprint density at radius 2 is 1.93 bits per heavy atom. The van der Waals surface area contributed by atoms with E-state index in [-0.39, 0.29) is 4.90 Å². The molecule has 0 aliphatic carbocycles. The van der Waals surface area contributed by atoms with Crippen LogP contribution in [0.2, 0.25) is 0 Å². The van der Waals surface area contributed by atoms with Crippen molar-refractivity contribution in [2.45, 2.75) is 24.8 Å². The fourth-order valence-electron chi connectivity index (χ4n) is 2.73. The van der Waals surface area contributed by atoms with Gasteiger partial charge >= 0.3 is 0 Å². The third kappa shape index (κ3) is 4.31. The van der Waals surface area contributed by atoms with Gasteiger partial charge in [-0.25, -0.2) is 12.8 Å². The zero-order valence-electron chi connectivity index (χ0n) is 15.4. The van der Waals surface area contributed by atoms with E-state index in [0.29, 0.717) is 17.1 Å². The van der Waals surface area contributed by atoms with Gasteiger partial charge in [-0.3, -0.25) is 4.79 Å². The highest BCUT2D eigenvalue weighted by Gasteiger charge is 2.19. The summed E-state index contributed by atoms with van der Waals surface area (Å²) in [6.07, 6.45) is 0.827. The number of hydrogen-bond donors (Lipinski definition) is 0. The smallest absolute Gasteiger partial charge is 0.263 e. The number of ether oxygens (including phenoxy) is 1. The van der Waals surface area contributed by atoms with Crippen molar-refractivity contribution in [3.8, 4) is 5.75 Å². The van der Waals surface area contributed by atoms with Crippen LogP contribution in [0.1, 0.15) is 13.3 Å². The molecule has 0 radical (unpaired) electrons. The van der Waals surface area contributed by atoms with Crippen LogP contribution >= 0.6 is 11.3 Å². The topological polar surface area (TPSA) is 77.7 Å². The lowest BCUT2D eigenvalue weighted by Gasteiger charge is -2.04. The van der Waals surface area contributed by atoms with Crippen LogP contribution in [0.15, 0.2) is 52.4 Å². The van der Waals surface area contributed by atoms with E-state index in [9.17, 15) is 17.6 Å². The third-order valence-corrected chi connectivity index (χ3v) is 6.70. The molecule has 0 saturated heterocycles. The number of fused-ring (bicyclic) bond motifs is 1. The van der Waals surface area contributed by atoms with Crippen molar-refractivity contribution in [1.29, 1.82) is 0 Å². The maximum Gasteiger partial charge on any atom is 0.263 e. The lowest BCUT2D eigenvalue weighted by Crippen LogP contribution is -2.21. The highest BCUT2D eigenvalue weighted by atomic mass is 32.2. The molecule has 0 atom stereocenters. The molecule has 148 valence electrons. The average Bonchev–Trinajstić information content (AvgIpc) is 2.98. The molecular formula is C19H19FN2O4S2. The van der Waals surface area contributed by atoms with Crippen molar-refractivity contribution < 1.29 is 22.3 Å². The van der Waals surface area contributed by atoms with Gasteiger partial charge in [-0.05, 0) is 48.9 Å². The van der Waals surface area contributed by atoms with Gasteiger partial charge in [0.2, 0.25) is 0 Å². The number of aromatic nitrogens is 1. The summed E-state index contributed by atoms with van der Waals surface area (Å²) in [6.45, 7) is 2.65.